The van der Waals surface area contributed by atoms with Crippen molar-refractivity contribution in [3.8, 4) is 0 Å². The minimum atomic E-state index is -4.74. The summed E-state index contributed by atoms with van der Waals surface area (Å²) < 4.78 is 54.6. The van der Waals surface area contributed by atoms with Gasteiger partial charge in [-0.05, 0) is 45.4 Å². The number of alkyl halides is 3. The van der Waals surface area contributed by atoms with E-state index in [2.05, 4.69) is 25.9 Å². The number of rotatable bonds is 5. The van der Waals surface area contributed by atoms with Gasteiger partial charge in [0.15, 0.2) is 0 Å². The standard InChI is InChI=1S/C19H22ClF4N5O/c1-18(2,30)11-6-13(20)14(21)7-15(11)28-16-12(19(22,23)24)9-26-17(29-16)27-10-4-3-5-25-8-10/h6-7,9-10,25,30H,3-5,8H2,1-2H3,(H2,26,27,28,29)/t10-/m0/s1. The molecule has 2 heterocycles. The Balaban J connectivity index is 2.01. The van der Waals surface area contributed by atoms with Gasteiger partial charge in [0.1, 0.15) is 17.2 Å². The molecule has 30 heavy (non-hydrogen) atoms. The third-order valence-corrected chi connectivity index (χ3v) is 4.99. The number of nitrogens with one attached hydrogen (secondary N) is 3. The third-order valence-electron chi connectivity index (χ3n) is 4.70. The van der Waals surface area contributed by atoms with Gasteiger partial charge in [0.05, 0.1) is 10.6 Å². The molecule has 1 fully saturated rings. The predicted octanol–water partition coefficient (Wildman–Crippen LogP) is 4.42. The van der Waals surface area contributed by atoms with E-state index in [1.165, 1.54) is 19.9 Å². The number of aromatic nitrogens is 2. The number of anilines is 3. The van der Waals surface area contributed by atoms with Gasteiger partial charge in [-0.1, -0.05) is 11.6 Å². The smallest absolute Gasteiger partial charge is 0.386 e. The first-order valence-corrected chi connectivity index (χ1v) is 9.73. The summed E-state index contributed by atoms with van der Waals surface area (Å²) in [4.78, 5) is 7.78. The van der Waals surface area contributed by atoms with Crippen LogP contribution < -0.4 is 16.0 Å². The van der Waals surface area contributed by atoms with Crippen LogP contribution in [0.5, 0.6) is 0 Å². The van der Waals surface area contributed by atoms with Gasteiger partial charge in [-0.25, -0.2) is 9.37 Å². The molecule has 0 aliphatic carbocycles. The summed E-state index contributed by atoms with van der Waals surface area (Å²) in [5.41, 5.74) is -2.59. The molecule has 0 bridgehead atoms. The Bertz CT molecular complexity index is 911. The molecule has 1 aliphatic rings. The van der Waals surface area contributed by atoms with Crippen molar-refractivity contribution in [1.82, 2.24) is 15.3 Å². The van der Waals surface area contributed by atoms with Crippen molar-refractivity contribution in [2.75, 3.05) is 23.7 Å². The highest BCUT2D eigenvalue weighted by molar-refractivity contribution is 6.30. The molecule has 3 rings (SSSR count). The van der Waals surface area contributed by atoms with Gasteiger partial charge in [-0.2, -0.15) is 18.2 Å². The Morgan fingerprint density at radius 2 is 1.97 bits per heavy atom. The fourth-order valence-electron chi connectivity index (χ4n) is 3.20. The summed E-state index contributed by atoms with van der Waals surface area (Å²) in [5.74, 6) is -1.39. The zero-order valence-electron chi connectivity index (χ0n) is 16.4. The van der Waals surface area contributed by atoms with Crippen LogP contribution >= 0.6 is 11.6 Å². The maximum Gasteiger partial charge on any atom is 0.421 e. The van der Waals surface area contributed by atoms with Crippen LogP contribution in [0, 0.1) is 5.82 Å². The average Bonchev–Trinajstić information content (AvgIpc) is 2.63. The Kier molecular flexibility index (Phi) is 6.40. The lowest BCUT2D eigenvalue weighted by molar-refractivity contribution is -0.137. The first-order chi connectivity index (χ1) is 13.9. The fraction of sp³-hybridized carbons (Fsp3) is 0.474. The summed E-state index contributed by atoms with van der Waals surface area (Å²) in [7, 11) is 0. The molecule has 0 radical (unpaired) electrons. The maximum absolute atomic E-state index is 14.0. The number of hydrogen-bond acceptors (Lipinski definition) is 6. The predicted molar refractivity (Wildman–Crippen MR) is 106 cm³/mol. The number of aliphatic hydroxyl groups is 1. The topological polar surface area (TPSA) is 82.1 Å². The van der Waals surface area contributed by atoms with Gasteiger partial charge in [0.2, 0.25) is 5.95 Å². The quantitative estimate of drug-likeness (QED) is 0.508. The van der Waals surface area contributed by atoms with Crippen molar-refractivity contribution in [3.63, 3.8) is 0 Å². The zero-order valence-corrected chi connectivity index (χ0v) is 17.1. The second-order valence-electron chi connectivity index (χ2n) is 7.64. The number of nitrogens with zero attached hydrogens (tertiary/aromatic N) is 2. The van der Waals surface area contributed by atoms with Crippen LogP contribution in [-0.2, 0) is 11.8 Å². The highest BCUT2D eigenvalue weighted by atomic mass is 35.5. The Labute approximate surface area is 176 Å². The summed E-state index contributed by atoms with van der Waals surface area (Å²) in [6.45, 7) is 4.34. The fourth-order valence-corrected chi connectivity index (χ4v) is 3.36. The monoisotopic (exact) mass is 447 g/mol. The summed E-state index contributed by atoms with van der Waals surface area (Å²) in [6, 6.07) is 2.07. The van der Waals surface area contributed by atoms with E-state index in [1.54, 1.807) is 0 Å². The lowest BCUT2D eigenvalue weighted by atomic mass is 9.96. The van der Waals surface area contributed by atoms with Crippen molar-refractivity contribution in [2.24, 2.45) is 0 Å². The minimum Gasteiger partial charge on any atom is -0.386 e. The molecule has 4 N–H and O–H groups in total. The van der Waals surface area contributed by atoms with Crippen LogP contribution in [-0.4, -0.2) is 34.2 Å². The van der Waals surface area contributed by atoms with Gasteiger partial charge >= 0.3 is 6.18 Å². The first kappa shape index (κ1) is 22.5. The van der Waals surface area contributed by atoms with Gasteiger partial charge in [-0.3, -0.25) is 0 Å². The molecule has 1 saturated heterocycles. The second kappa shape index (κ2) is 8.52. The van der Waals surface area contributed by atoms with E-state index in [9.17, 15) is 22.7 Å². The van der Waals surface area contributed by atoms with Gasteiger partial charge in [-0.15, -0.1) is 0 Å². The highest BCUT2D eigenvalue weighted by Crippen LogP contribution is 2.38. The number of benzene rings is 1. The number of piperidine rings is 1. The summed E-state index contributed by atoms with van der Waals surface area (Å²) in [5, 5.41) is 18.8. The average molecular weight is 448 g/mol. The van der Waals surface area contributed by atoms with Crippen molar-refractivity contribution in [1.29, 1.82) is 0 Å². The van der Waals surface area contributed by atoms with Gasteiger partial charge < -0.3 is 21.1 Å². The van der Waals surface area contributed by atoms with E-state index >= 15 is 0 Å². The summed E-state index contributed by atoms with van der Waals surface area (Å²) in [6.07, 6.45) is -2.33. The van der Waals surface area contributed by atoms with E-state index in [4.69, 9.17) is 11.6 Å². The number of halogens is 5. The van der Waals surface area contributed by atoms with Crippen LogP contribution in [0.15, 0.2) is 18.3 Å². The van der Waals surface area contributed by atoms with E-state index in [0.29, 0.717) is 12.7 Å². The van der Waals surface area contributed by atoms with Crippen molar-refractivity contribution >= 4 is 29.1 Å². The van der Waals surface area contributed by atoms with Crippen molar-refractivity contribution in [2.45, 2.75) is 44.5 Å². The van der Waals surface area contributed by atoms with Crippen molar-refractivity contribution < 1.29 is 22.7 Å². The molecule has 1 aliphatic heterocycles. The van der Waals surface area contributed by atoms with Crippen LogP contribution in [0.25, 0.3) is 0 Å². The van der Waals surface area contributed by atoms with Crippen LogP contribution in [0.2, 0.25) is 5.02 Å². The normalized spacial score (nSPS) is 17.7. The second-order valence-corrected chi connectivity index (χ2v) is 8.04. The molecule has 1 aromatic carbocycles. The molecule has 0 amide bonds. The van der Waals surface area contributed by atoms with Crippen LogP contribution in [0.1, 0.15) is 37.8 Å². The van der Waals surface area contributed by atoms with E-state index in [0.717, 1.165) is 25.5 Å². The minimum absolute atomic E-state index is 0.0124. The molecule has 0 spiro atoms. The van der Waals surface area contributed by atoms with E-state index in [-0.39, 0.29) is 28.3 Å². The molecular weight excluding hydrogens is 426 g/mol. The molecule has 1 atom stereocenters. The summed E-state index contributed by atoms with van der Waals surface area (Å²) >= 11 is 5.80. The van der Waals surface area contributed by atoms with Gasteiger partial charge in [0.25, 0.3) is 0 Å². The number of hydrogen-bond donors (Lipinski definition) is 4. The SMILES string of the molecule is CC(C)(O)c1cc(Cl)c(F)cc1Nc1nc(N[C@H]2CCCNC2)ncc1C(F)(F)F. The van der Waals surface area contributed by atoms with Crippen LogP contribution in [0.4, 0.5) is 35.0 Å². The van der Waals surface area contributed by atoms with E-state index in [1.807, 2.05) is 0 Å². The third kappa shape index (κ3) is 5.30. The molecular formula is C19H22ClF4N5O. The Morgan fingerprint density at radius 1 is 1.23 bits per heavy atom. The van der Waals surface area contributed by atoms with Crippen LogP contribution in [0.3, 0.4) is 0 Å². The highest BCUT2D eigenvalue weighted by Gasteiger charge is 2.36. The Hall–Kier alpha value is -2.17. The molecule has 6 nitrogen and oxygen atoms in total. The zero-order chi connectivity index (χ0) is 22.1. The lowest BCUT2D eigenvalue weighted by Gasteiger charge is -2.25. The largest absolute Gasteiger partial charge is 0.421 e. The Morgan fingerprint density at radius 3 is 2.57 bits per heavy atom. The maximum atomic E-state index is 14.0. The molecule has 2 aromatic rings. The van der Waals surface area contributed by atoms with Crippen molar-refractivity contribution in [3.05, 3.63) is 40.3 Å². The van der Waals surface area contributed by atoms with Gasteiger partial charge in [0, 0.05) is 30.0 Å². The lowest BCUT2D eigenvalue weighted by Crippen LogP contribution is -2.38. The first-order valence-electron chi connectivity index (χ1n) is 9.35. The molecule has 0 unspecified atom stereocenters. The molecule has 11 heteroatoms. The molecule has 1 aromatic heterocycles. The molecule has 0 saturated carbocycles. The van der Waals surface area contributed by atoms with E-state index < -0.39 is 29.0 Å². The molecule has 164 valence electrons.